The van der Waals surface area contributed by atoms with Gasteiger partial charge in [-0.05, 0) is 67.9 Å². The minimum absolute atomic E-state index is 0.686. The van der Waals surface area contributed by atoms with Crippen LogP contribution in [0.1, 0.15) is 39.5 Å². The second-order valence-corrected chi connectivity index (χ2v) is 6.35. The van der Waals surface area contributed by atoms with Crippen molar-refractivity contribution in [1.82, 2.24) is 5.32 Å². The molecule has 4 unspecified atom stereocenters. The van der Waals surface area contributed by atoms with E-state index in [0.717, 1.165) is 23.7 Å². The zero-order valence-corrected chi connectivity index (χ0v) is 9.55. The molecule has 0 spiro atoms. The van der Waals surface area contributed by atoms with E-state index in [1.807, 2.05) is 0 Å². The summed E-state index contributed by atoms with van der Waals surface area (Å²) in [5.41, 5.74) is 0.686. The molecule has 1 N–H and O–H groups in total. The van der Waals surface area contributed by atoms with Crippen LogP contribution in [0.15, 0.2) is 0 Å². The second kappa shape index (κ2) is 2.98. The van der Waals surface area contributed by atoms with Gasteiger partial charge in [-0.2, -0.15) is 0 Å². The third-order valence-electron chi connectivity index (χ3n) is 5.62. The van der Waals surface area contributed by atoms with E-state index in [9.17, 15) is 0 Å². The van der Waals surface area contributed by atoms with Crippen molar-refractivity contribution in [3.05, 3.63) is 0 Å². The molecular weight excluding hydrogens is 170 g/mol. The molecule has 1 heterocycles. The molecule has 2 bridgehead atoms. The van der Waals surface area contributed by atoms with Crippen molar-refractivity contribution >= 4 is 0 Å². The molecule has 4 rings (SSSR count). The van der Waals surface area contributed by atoms with Crippen molar-refractivity contribution in [3.8, 4) is 0 Å². The quantitative estimate of drug-likeness (QED) is 0.675. The Morgan fingerprint density at radius 2 is 2.00 bits per heavy atom. The monoisotopic (exact) mass is 193 g/mol. The zero-order valence-electron chi connectivity index (χ0n) is 9.55. The summed E-state index contributed by atoms with van der Waals surface area (Å²) in [6.45, 7) is 7.61. The predicted octanol–water partition coefficient (Wildman–Crippen LogP) is 2.67. The fourth-order valence-electron chi connectivity index (χ4n) is 4.47. The van der Waals surface area contributed by atoms with Gasteiger partial charge in [0.1, 0.15) is 0 Å². The van der Waals surface area contributed by atoms with Crippen LogP contribution in [0, 0.1) is 29.1 Å². The van der Waals surface area contributed by atoms with Crippen molar-refractivity contribution in [2.24, 2.45) is 29.1 Å². The van der Waals surface area contributed by atoms with Gasteiger partial charge in [-0.3, -0.25) is 0 Å². The van der Waals surface area contributed by atoms with Gasteiger partial charge in [0.05, 0.1) is 0 Å². The lowest BCUT2D eigenvalue weighted by atomic mass is 9.44. The van der Waals surface area contributed by atoms with Crippen molar-refractivity contribution in [3.63, 3.8) is 0 Å². The van der Waals surface area contributed by atoms with Crippen molar-refractivity contribution in [1.29, 1.82) is 0 Å². The van der Waals surface area contributed by atoms with Crippen LogP contribution in [0.4, 0.5) is 0 Å². The average molecular weight is 193 g/mol. The summed E-state index contributed by atoms with van der Waals surface area (Å²) in [5.74, 6) is 4.20. The van der Waals surface area contributed by atoms with Gasteiger partial charge in [0.25, 0.3) is 0 Å². The van der Waals surface area contributed by atoms with Gasteiger partial charge in [0.15, 0.2) is 0 Å². The summed E-state index contributed by atoms with van der Waals surface area (Å²) in [6.07, 6.45) is 6.05. The average Bonchev–Trinajstić information content (AvgIpc) is 2.70. The first-order valence-corrected chi connectivity index (χ1v) is 6.40. The number of hydrogen-bond donors (Lipinski definition) is 1. The van der Waals surface area contributed by atoms with E-state index < -0.39 is 0 Å². The van der Waals surface area contributed by atoms with Crippen molar-refractivity contribution < 1.29 is 0 Å². The van der Waals surface area contributed by atoms with Crippen LogP contribution in [0.3, 0.4) is 0 Å². The maximum atomic E-state index is 3.53. The molecule has 80 valence electrons. The van der Waals surface area contributed by atoms with Gasteiger partial charge < -0.3 is 5.32 Å². The lowest BCUT2D eigenvalue weighted by Crippen LogP contribution is -2.54. The molecule has 14 heavy (non-hydrogen) atoms. The molecule has 1 aliphatic heterocycles. The molecule has 0 radical (unpaired) electrons. The standard InChI is InChI=1S/C13H23N/c1-13(2)10-3-4-11(12(13)7-10)9-5-6-14-8-9/h9-12,14H,3-8H2,1-2H3. The van der Waals surface area contributed by atoms with Gasteiger partial charge in [0, 0.05) is 0 Å². The molecule has 0 aromatic rings. The van der Waals surface area contributed by atoms with Crippen molar-refractivity contribution in [2.75, 3.05) is 13.1 Å². The van der Waals surface area contributed by atoms with Crippen LogP contribution >= 0.6 is 0 Å². The van der Waals surface area contributed by atoms with E-state index in [2.05, 4.69) is 19.2 Å². The van der Waals surface area contributed by atoms with E-state index in [1.165, 1.54) is 32.4 Å². The van der Waals surface area contributed by atoms with Crippen LogP contribution in [-0.2, 0) is 0 Å². The molecule has 0 aromatic carbocycles. The third kappa shape index (κ3) is 1.11. The van der Waals surface area contributed by atoms with Gasteiger partial charge in [0.2, 0.25) is 0 Å². The summed E-state index contributed by atoms with van der Waals surface area (Å²) in [7, 11) is 0. The molecule has 4 atom stereocenters. The molecule has 0 aromatic heterocycles. The van der Waals surface area contributed by atoms with E-state index >= 15 is 0 Å². The molecular formula is C13H23N. The minimum atomic E-state index is 0.686. The Morgan fingerprint density at radius 1 is 1.14 bits per heavy atom. The van der Waals surface area contributed by atoms with Crippen LogP contribution in [0.5, 0.6) is 0 Å². The molecule has 4 fully saturated rings. The van der Waals surface area contributed by atoms with E-state index in [4.69, 9.17) is 0 Å². The van der Waals surface area contributed by atoms with Crippen molar-refractivity contribution in [2.45, 2.75) is 39.5 Å². The Bertz CT molecular complexity index is 225. The lowest BCUT2D eigenvalue weighted by Gasteiger charge is -2.61. The Kier molecular flexibility index (Phi) is 1.96. The normalized spacial score (nSPS) is 50.1. The Morgan fingerprint density at radius 3 is 2.57 bits per heavy atom. The highest BCUT2D eigenvalue weighted by Gasteiger charge is 2.55. The zero-order chi connectivity index (χ0) is 9.76. The second-order valence-electron chi connectivity index (χ2n) is 6.35. The Balaban J connectivity index is 1.74. The summed E-state index contributed by atoms with van der Waals surface area (Å²) < 4.78 is 0. The fourth-order valence-corrected chi connectivity index (χ4v) is 4.47. The molecule has 1 heteroatoms. The largest absolute Gasteiger partial charge is 0.316 e. The highest BCUT2D eigenvalue weighted by molar-refractivity contribution is 5.05. The lowest BCUT2D eigenvalue weighted by molar-refractivity contribution is -0.119. The van der Waals surface area contributed by atoms with Gasteiger partial charge in [-0.1, -0.05) is 13.8 Å². The summed E-state index contributed by atoms with van der Waals surface area (Å²) in [4.78, 5) is 0. The maximum Gasteiger partial charge on any atom is -0.00173 e. The number of nitrogens with one attached hydrogen (secondary N) is 1. The molecule has 3 aliphatic carbocycles. The molecule has 1 nitrogen and oxygen atoms in total. The molecule has 3 saturated carbocycles. The Labute approximate surface area is 87.7 Å². The number of hydrogen-bond acceptors (Lipinski definition) is 1. The first kappa shape index (κ1) is 9.21. The van der Waals surface area contributed by atoms with Crippen LogP contribution in [0.25, 0.3) is 0 Å². The highest BCUT2D eigenvalue weighted by Crippen LogP contribution is 2.63. The fraction of sp³-hybridized carbons (Fsp3) is 1.00. The first-order valence-electron chi connectivity index (χ1n) is 6.40. The maximum absolute atomic E-state index is 3.53. The minimum Gasteiger partial charge on any atom is -0.316 e. The highest BCUT2D eigenvalue weighted by atomic mass is 14.9. The number of rotatable bonds is 1. The summed E-state index contributed by atoms with van der Waals surface area (Å²) in [5, 5.41) is 3.53. The smallest absolute Gasteiger partial charge is 0.00173 e. The summed E-state index contributed by atoms with van der Waals surface area (Å²) >= 11 is 0. The van der Waals surface area contributed by atoms with E-state index in [0.29, 0.717) is 5.41 Å². The van der Waals surface area contributed by atoms with Gasteiger partial charge in [-0.25, -0.2) is 0 Å². The van der Waals surface area contributed by atoms with Crippen LogP contribution < -0.4 is 5.32 Å². The molecule has 1 saturated heterocycles. The third-order valence-corrected chi connectivity index (χ3v) is 5.62. The topological polar surface area (TPSA) is 12.0 Å². The first-order chi connectivity index (χ1) is 6.69. The Hall–Kier alpha value is -0.0400. The van der Waals surface area contributed by atoms with Gasteiger partial charge >= 0.3 is 0 Å². The molecule has 4 aliphatic rings. The van der Waals surface area contributed by atoms with Crippen LogP contribution in [-0.4, -0.2) is 13.1 Å². The van der Waals surface area contributed by atoms with E-state index in [-0.39, 0.29) is 0 Å². The van der Waals surface area contributed by atoms with Crippen LogP contribution in [0.2, 0.25) is 0 Å². The van der Waals surface area contributed by atoms with E-state index in [1.54, 1.807) is 6.42 Å². The molecule has 0 amide bonds. The number of fused-ring (bicyclic) bond motifs is 2. The predicted molar refractivity (Wildman–Crippen MR) is 59.1 cm³/mol. The SMILES string of the molecule is CC1(C)C2CCC(C3CCNC3)C1C2. The summed E-state index contributed by atoms with van der Waals surface area (Å²) in [6, 6.07) is 0. The van der Waals surface area contributed by atoms with Gasteiger partial charge in [-0.15, -0.1) is 0 Å².